The van der Waals surface area contributed by atoms with E-state index in [0.717, 1.165) is 11.1 Å². The molecule has 0 radical (unpaired) electrons. The van der Waals surface area contributed by atoms with Gasteiger partial charge in [-0.15, -0.1) is 10.2 Å². The van der Waals surface area contributed by atoms with Crippen molar-refractivity contribution in [2.45, 2.75) is 31.2 Å². The molecule has 0 saturated carbocycles. The van der Waals surface area contributed by atoms with E-state index >= 15 is 0 Å². The van der Waals surface area contributed by atoms with Crippen LogP contribution in [0.1, 0.15) is 23.6 Å². The van der Waals surface area contributed by atoms with E-state index < -0.39 is 5.25 Å². The minimum absolute atomic E-state index is 0.207. The van der Waals surface area contributed by atoms with Crippen molar-refractivity contribution in [3.05, 3.63) is 59.2 Å². The summed E-state index contributed by atoms with van der Waals surface area (Å²) in [5, 5.41) is 19.7. The number of nitrogens with one attached hydrogen (secondary N) is 1. The maximum atomic E-state index is 12.4. The van der Waals surface area contributed by atoms with Crippen LogP contribution in [0, 0.1) is 25.2 Å². The molecule has 7 heteroatoms. The molecule has 1 heterocycles. The third-order valence-corrected chi connectivity index (χ3v) is 5.00. The highest BCUT2D eigenvalue weighted by atomic mass is 32.2. The minimum atomic E-state index is -0.441. The van der Waals surface area contributed by atoms with Crippen LogP contribution >= 0.6 is 11.8 Å². The summed E-state index contributed by atoms with van der Waals surface area (Å²) in [6.07, 6.45) is 0. The Labute approximate surface area is 161 Å². The lowest BCUT2D eigenvalue weighted by Crippen LogP contribution is -2.22. The zero-order chi connectivity index (χ0) is 19.4. The summed E-state index contributed by atoms with van der Waals surface area (Å²) in [5.41, 5.74) is 4.25. The summed E-state index contributed by atoms with van der Waals surface area (Å²) in [6.45, 7) is 5.83. The normalized spacial score (nSPS) is 11.6. The SMILES string of the molecule is Cc1ccc(-c2nnc(S[C@H](C)C(=O)Nc3cccc(C#N)c3)o2)cc1C. The van der Waals surface area contributed by atoms with Crippen molar-refractivity contribution in [1.29, 1.82) is 5.26 Å². The minimum Gasteiger partial charge on any atom is -0.411 e. The summed E-state index contributed by atoms with van der Waals surface area (Å²) >= 11 is 1.19. The molecule has 0 aliphatic heterocycles. The van der Waals surface area contributed by atoms with Crippen LogP contribution in [0.3, 0.4) is 0 Å². The fraction of sp³-hybridized carbons (Fsp3) is 0.200. The van der Waals surface area contributed by atoms with Crippen LogP contribution in [-0.4, -0.2) is 21.4 Å². The second-order valence-electron chi connectivity index (χ2n) is 6.11. The van der Waals surface area contributed by atoms with Crippen molar-refractivity contribution in [2.24, 2.45) is 0 Å². The molecule has 0 aliphatic rings. The maximum absolute atomic E-state index is 12.4. The van der Waals surface area contributed by atoms with Crippen LogP contribution in [0.2, 0.25) is 0 Å². The summed E-state index contributed by atoms with van der Waals surface area (Å²) in [7, 11) is 0. The third kappa shape index (κ3) is 4.54. The Hall–Kier alpha value is -3.11. The highest BCUT2D eigenvalue weighted by molar-refractivity contribution is 8.00. The molecule has 0 fully saturated rings. The summed E-state index contributed by atoms with van der Waals surface area (Å²) in [6, 6.07) is 14.7. The van der Waals surface area contributed by atoms with Crippen molar-refractivity contribution >= 4 is 23.4 Å². The number of amides is 1. The summed E-state index contributed by atoms with van der Waals surface area (Å²) in [5.74, 6) is 0.218. The van der Waals surface area contributed by atoms with Crippen LogP contribution in [0.15, 0.2) is 52.1 Å². The van der Waals surface area contributed by atoms with Gasteiger partial charge in [0.2, 0.25) is 11.8 Å². The van der Waals surface area contributed by atoms with Crippen molar-refractivity contribution in [3.8, 4) is 17.5 Å². The van der Waals surface area contributed by atoms with Gasteiger partial charge in [-0.2, -0.15) is 5.26 Å². The number of carbonyl (C=O) groups excluding carboxylic acids is 1. The lowest BCUT2D eigenvalue weighted by atomic mass is 10.1. The molecule has 0 unspecified atom stereocenters. The predicted molar refractivity (Wildman–Crippen MR) is 104 cm³/mol. The molecular formula is C20H18N4O2S. The van der Waals surface area contributed by atoms with Crippen molar-refractivity contribution in [1.82, 2.24) is 10.2 Å². The summed E-state index contributed by atoms with van der Waals surface area (Å²) in [4.78, 5) is 12.4. The van der Waals surface area contributed by atoms with Gasteiger partial charge in [-0.3, -0.25) is 4.79 Å². The Morgan fingerprint density at radius 2 is 2.00 bits per heavy atom. The van der Waals surface area contributed by atoms with Gasteiger partial charge in [-0.1, -0.05) is 23.9 Å². The molecule has 27 heavy (non-hydrogen) atoms. The molecule has 0 saturated heterocycles. The molecule has 1 atom stereocenters. The number of thioether (sulfide) groups is 1. The van der Waals surface area contributed by atoms with E-state index in [9.17, 15) is 4.79 Å². The summed E-state index contributed by atoms with van der Waals surface area (Å²) < 4.78 is 5.69. The van der Waals surface area contributed by atoms with Crippen LogP contribution in [0.25, 0.3) is 11.5 Å². The molecule has 1 N–H and O–H groups in total. The van der Waals surface area contributed by atoms with E-state index in [1.54, 1.807) is 31.2 Å². The first-order valence-electron chi connectivity index (χ1n) is 8.35. The number of nitriles is 1. The number of aromatic nitrogens is 2. The first kappa shape index (κ1) is 18.7. The van der Waals surface area contributed by atoms with Gasteiger partial charge in [0.25, 0.3) is 5.22 Å². The fourth-order valence-electron chi connectivity index (χ4n) is 2.36. The Kier molecular flexibility index (Phi) is 5.57. The van der Waals surface area contributed by atoms with E-state index in [1.807, 2.05) is 38.1 Å². The molecule has 0 bridgehead atoms. The highest BCUT2D eigenvalue weighted by Gasteiger charge is 2.19. The number of anilines is 1. The number of aryl methyl sites for hydroxylation is 2. The van der Waals surface area contributed by atoms with E-state index in [1.165, 1.54) is 17.3 Å². The molecule has 0 aliphatic carbocycles. The average molecular weight is 378 g/mol. The molecular weight excluding hydrogens is 360 g/mol. The zero-order valence-electron chi connectivity index (χ0n) is 15.2. The standard InChI is InChI=1S/C20H18N4O2S/c1-12-7-8-16(9-13(12)2)19-23-24-20(26-19)27-14(3)18(25)22-17-6-4-5-15(10-17)11-21/h4-10,14H,1-3H3,(H,22,25)/t14-/m1/s1. The second-order valence-corrected chi connectivity index (χ2v) is 7.41. The maximum Gasteiger partial charge on any atom is 0.277 e. The molecule has 3 aromatic rings. The lowest BCUT2D eigenvalue weighted by Gasteiger charge is -2.10. The Morgan fingerprint density at radius 1 is 1.19 bits per heavy atom. The van der Waals surface area contributed by atoms with Gasteiger partial charge in [0.15, 0.2) is 0 Å². The molecule has 1 amide bonds. The number of benzene rings is 2. The van der Waals surface area contributed by atoms with Gasteiger partial charge >= 0.3 is 0 Å². The molecule has 6 nitrogen and oxygen atoms in total. The number of carbonyl (C=O) groups is 1. The topological polar surface area (TPSA) is 91.8 Å². The van der Waals surface area contributed by atoms with E-state index in [-0.39, 0.29) is 5.91 Å². The molecule has 2 aromatic carbocycles. The molecule has 1 aromatic heterocycles. The van der Waals surface area contributed by atoms with Gasteiger partial charge in [0, 0.05) is 11.3 Å². The van der Waals surface area contributed by atoms with Gasteiger partial charge in [-0.05, 0) is 62.2 Å². The lowest BCUT2D eigenvalue weighted by molar-refractivity contribution is -0.115. The van der Waals surface area contributed by atoms with E-state index in [0.29, 0.717) is 22.4 Å². The number of hydrogen-bond donors (Lipinski definition) is 1. The molecule has 3 rings (SSSR count). The number of hydrogen-bond acceptors (Lipinski definition) is 6. The van der Waals surface area contributed by atoms with E-state index in [4.69, 9.17) is 9.68 Å². The smallest absolute Gasteiger partial charge is 0.277 e. The van der Waals surface area contributed by atoms with Crippen LogP contribution in [0.5, 0.6) is 0 Å². The monoisotopic (exact) mass is 378 g/mol. The third-order valence-electron chi connectivity index (χ3n) is 4.07. The highest BCUT2D eigenvalue weighted by Crippen LogP contribution is 2.27. The number of nitrogens with zero attached hydrogens (tertiary/aromatic N) is 3. The van der Waals surface area contributed by atoms with Gasteiger partial charge in [-0.25, -0.2) is 0 Å². The van der Waals surface area contributed by atoms with Crippen LogP contribution in [-0.2, 0) is 4.79 Å². The fourth-order valence-corrected chi connectivity index (χ4v) is 3.05. The zero-order valence-corrected chi connectivity index (χ0v) is 16.0. The predicted octanol–water partition coefficient (Wildman–Crippen LogP) is 4.34. The van der Waals surface area contributed by atoms with Crippen molar-refractivity contribution < 1.29 is 9.21 Å². The average Bonchev–Trinajstić information content (AvgIpc) is 3.12. The Morgan fingerprint density at radius 3 is 2.74 bits per heavy atom. The quantitative estimate of drug-likeness (QED) is 0.664. The first-order valence-corrected chi connectivity index (χ1v) is 9.23. The van der Waals surface area contributed by atoms with Gasteiger partial charge in [0.05, 0.1) is 16.9 Å². The van der Waals surface area contributed by atoms with Gasteiger partial charge < -0.3 is 9.73 Å². The largest absolute Gasteiger partial charge is 0.411 e. The Balaban J connectivity index is 1.66. The van der Waals surface area contributed by atoms with Gasteiger partial charge in [0.1, 0.15) is 0 Å². The molecule has 0 spiro atoms. The van der Waals surface area contributed by atoms with E-state index in [2.05, 4.69) is 15.5 Å². The van der Waals surface area contributed by atoms with Crippen molar-refractivity contribution in [2.75, 3.05) is 5.32 Å². The number of rotatable bonds is 5. The molecule has 136 valence electrons. The van der Waals surface area contributed by atoms with Crippen molar-refractivity contribution in [3.63, 3.8) is 0 Å². The second kappa shape index (κ2) is 8.06. The first-order chi connectivity index (χ1) is 13.0. The van der Waals surface area contributed by atoms with Crippen LogP contribution in [0.4, 0.5) is 5.69 Å². The Bertz CT molecular complexity index is 1020. The van der Waals surface area contributed by atoms with Crippen LogP contribution < -0.4 is 5.32 Å².